The Labute approximate surface area is 138 Å². The van der Waals surface area contributed by atoms with Gasteiger partial charge in [0, 0.05) is 23.9 Å². The molecule has 0 spiro atoms. The lowest BCUT2D eigenvalue weighted by atomic mass is 9.52. The van der Waals surface area contributed by atoms with Gasteiger partial charge in [0.15, 0.2) is 0 Å². The minimum Gasteiger partial charge on any atom is -0.393 e. The van der Waals surface area contributed by atoms with E-state index < -0.39 is 6.10 Å². The minimum absolute atomic E-state index is 0.0135. The average Bonchev–Trinajstić information content (AvgIpc) is 2.83. The third-order valence-electron chi connectivity index (χ3n) is 7.30. The van der Waals surface area contributed by atoms with Crippen LogP contribution in [0, 0.1) is 22.7 Å². The van der Waals surface area contributed by atoms with Crippen molar-refractivity contribution in [3.05, 3.63) is 35.5 Å². The summed E-state index contributed by atoms with van der Waals surface area (Å²) in [6.07, 6.45) is 11.7. The van der Waals surface area contributed by atoms with Gasteiger partial charge in [-0.15, -0.1) is 0 Å². The fraction of sp³-hybridized carbons (Fsp3) is 0.700. The smallest absolute Gasteiger partial charge is 0.0906 e. The van der Waals surface area contributed by atoms with Gasteiger partial charge in [-0.2, -0.15) is 0 Å². The summed E-state index contributed by atoms with van der Waals surface area (Å²) in [4.78, 5) is 0. The zero-order chi connectivity index (χ0) is 16.4. The average molecular weight is 316 g/mol. The molecule has 2 saturated carbocycles. The third kappa shape index (κ3) is 2.00. The maximum absolute atomic E-state index is 10.5. The predicted octanol–water partition coefficient (Wildman–Crippen LogP) is 2.99. The molecule has 0 radical (unpaired) electrons. The number of hydrogen-bond donors (Lipinski definition) is 2. The summed E-state index contributed by atoms with van der Waals surface area (Å²) in [6, 6.07) is 0. The molecular weight excluding hydrogens is 288 g/mol. The molecular formula is C20H28O3. The second-order valence-electron chi connectivity index (χ2n) is 8.32. The highest BCUT2D eigenvalue weighted by Gasteiger charge is 2.57. The fourth-order valence-corrected chi connectivity index (χ4v) is 5.79. The Balaban J connectivity index is 1.82. The molecule has 0 aromatic heterocycles. The molecule has 0 heterocycles. The quantitative estimate of drug-likeness (QED) is 0.731. The standard InChI is InChI=1S/C20H28O3/c1-19-8-6-13(21)10-12(19)11-16(23-3)18-14-4-5-17(22)20(14,2)9-7-15(18)19/h6-8,10,13-14,16-18,21-22H,4-5,9,11H2,1-3H3/t13-,14-,16-,17-,18-,19-,20-/m0/s1. The minimum atomic E-state index is -0.477. The number of hydrogen-bond acceptors (Lipinski definition) is 3. The van der Waals surface area contributed by atoms with E-state index in [1.807, 2.05) is 12.2 Å². The van der Waals surface area contributed by atoms with Crippen molar-refractivity contribution in [2.45, 2.75) is 57.8 Å². The monoisotopic (exact) mass is 316 g/mol. The topological polar surface area (TPSA) is 49.7 Å². The van der Waals surface area contributed by atoms with Crippen LogP contribution in [0.5, 0.6) is 0 Å². The van der Waals surface area contributed by atoms with E-state index in [0.29, 0.717) is 11.8 Å². The maximum atomic E-state index is 10.5. The van der Waals surface area contributed by atoms with Crippen LogP contribution in [-0.4, -0.2) is 35.6 Å². The fourth-order valence-electron chi connectivity index (χ4n) is 5.79. The van der Waals surface area contributed by atoms with Gasteiger partial charge in [-0.3, -0.25) is 0 Å². The molecule has 23 heavy (non-hydrogen) atoms. The number of methoxy groups -OCH3 is 1. The first kappa shape index (κ1) is 15.6. The largest absolute Gasteiger partial charge is 0.393 e. The number of ether oxygens (including phenoxy) is 1. The third-order valence-corrected chi connectivity index (χ3v) is 7.30. The van der Waals surface area contributed by atoms with Gasteiger partial charge in [0.05, 0.1) is 18.3 Å². The van der Waals surface area contributed by atoms with Crippen LogP contribution in [0.2, 0.25) is 0 Å². The lowest BCUT2D eigenvalue weighted by Gasteiger charge is -2.54. The Kier molecular flexibility index (Phi) is 3.43. The summed E-state index contributed by atoms with van der Waals surface area (Å²) in [7, 11) is 1.80. The van der Waals surface area contributed by atoms with Gasteiger partial charge in [0.2, 0.25) is 0 Å². The molecule has 0 saturated heterocycles. The van der Waals surface area contributed by atoms with E-state index in [1.165, 1.54) is 11.1 Å². The zero-order valence-electron chi connectivity index (χ0n) is 14.3. The summed E-state index contributed by atoms with van der Waals surface area (Å²) >= 11 is 0. The van der Waals surface area contributed by atoms with Crippen LogP contribution in [0.1, 0.15) is 39.5 Å². The van der Waals surface area contributed by atoms with Crippen LogP contribution < -0.4 is 0 Å². The normalized spacial score (nSPS) is 51.4. The van der Waals surface area contributed by atoms with Crippen LogP contribution in [0.15, 0.2) is 35.5 Å². The molecule has 2 N–H and O–H groups in total. The van der Waals surface area contributed by atoms with E-state index in [1.54, 1.807) is 7.11 Å². The Morgan fingerprint density at radius 2 is 2.00 bits per heavy atom. The van der Waals surface area contributed by atoms with Gasteiger partial charge in [-0.1, -0.05) is 42.4 Å². The van der Waals surface area contributed by atoms with E-state index in [9.17, 15) is 10.2 Å². The number of fused-ring (bicyclic) bond motifs is 5. The van der Waals surface area contributed by atoms with Gasteiger partial charge in [-0.05, 0) is 38.5 Å². The van der Waals surface area contributed by atoms with Crippen LogP contribution in [0.25, 0.3) is 0 Å². The number of aliphatic hydroxyl groups is 2. The molecule has 4 rings (SSSR count). The number of aliphatic hydroxyl groups excluding tert-OH is 2. The van der Waals surface area contributed by atoms with Gasteiger partial charge < -0.3 is 14.9 Å². The first-order valence-corrected chi connectivity index (χ1v) is 8.90. The lowest BCUT2D eigenvalue weighted by molar-refractivity contribution is -0.0374. The van der Waals surface area contributed by atoms with E-state index in [0.717, 1.165) is 25.7 Å². The van der Waals surface area contributed by atoms with E-state index in [2.05, 4.69) is 26.0 Å². The second kappa shape index (κ2) is 5.05. The Bertz CT molecular complexity index is 604. The van der Waals surface area contributed by atoms with Crippen molar-refractivity contribution >= 4 is 0 Å². The first-order chi connectivity index (χ1) is 10.9. The predicted molar refractivity (Wildman–Crippen MR) is 89.8 cm³/mol. The Morgan fingerprint density at radius 1 is 1.22 bits per heavy atom. The van der Waals surface area contributed by atoms with Crippen LogP contribution in [-0.2, 0) is 4.74 Å². The lowest BCUT2D eigenvalue weighted by Crippen LogP contribution is -2.50. The molecule has 0 aromatic carbocycles. The van der Waals surface area contributed by atoms with Crippen molar-refractivity contribution < 1.29 is 14.9 Å². The summed E-state index contributed by atoms with van der Waals surface area (Å²) in [6.45, 7) is 4.53. The SMILES string of the molecule is CO[C@H]1CC2=C[C@@H](O)C=C[C@]2(C)C2=CC[C@]3(C)[C@@H](O)CC[C@H]3[C@@H]21. The van der Waals surface area contributed by atoms with Gasteiger partial charge in [-0.25, -0.2) is 0 Å². The van der Waals surface area contributed by atoms with Crippen molar-refractivity contribution in [1.82, 2.24) is 0 Å². The molecule has 4 aliphatic carbocycles. The van der Waals surface area contributed by atoms with Gasteiger partial charge in [0.1, 0.15) is 0 Å². The second-order valence-corrected chi connectivity index (χ2v) is 8.32. The zero-order valence-corrected chi connectivity index (χ0v) is 14.3. The summed E-state index contributed by atoms with van der Waals surface area (Å²) in [5.41, 5.74) is 2.62. The van der Waals surface area contributed by atoms with E-state index in [-0.39, 0.29) is 23.0 Å². The van der Waals surface area contributed by atoms with Crippen molar-refractivity contribution in [2.75, 3.05) is 7.11 Å². The van der Waals surface area contributed by atoms with Crippen molar-refractivity contribution in [1.29, 1.82) is 0 Å². The first-order valence-electron chi connectivity index (χ1n) is 8.90. The van der Waals surface area contributed by atoms with Crippen molar-refractivity contribution in [2.24, 2.45) is 22.7 Å². The molecule has 0 unspecified atom stereocenters. The summed E-state index contributed by atoms with van der Waals surface area (Å²) in [5.74, 6) is 0.860. The highest BCUT2D eigenvalue weighted by Crippen LogP contribution is 2.62. The maximum Gasteiger partial charge on any atom is 0.0906 e. The molecule has 3 heteroatoms. The van der Waals surface area contributed by atoms with Gasteiger partial charge in [0.25, 0.3) is 0 Å². The molecule has 0 amide bonds. The van der Waals surface area contributed by atoms with Gasteiger partial charge >= 0.3 is 0 Å². The van der Waals surface area contributed by atoms with Crippen LogP contribution in [0.4, 0.5) is 0 Å². The van der Waals surface area contributed by atoms with E-state index in [4.69, 9.17) is 4.74 Å². The van der Waals surface area contributed by atoms with Crippen LogP contribution >= 0.6 is 0 Å². The summed E-state index contributed by atoms with van der Waals surface area (Å²) in [5, 5.41) is 20.5. The highest BCUT2D eigenvalue weighted by atomic mass is 16.5. The molecule has 3 nitrogen and oxygen atoms in total. The molecule has 7 atom stereocenters. The molecule has 0 aromatic rings. The molecule has 4 aliphatic rings. The number of rotatable bonds is 1. The van der Waals surface area contributed by atoms with Crippen LogP contribution in [0.3, 0.4) is 0 Å². The Morgan fingerprint density at radius 3 is 2.74 bits per heavy atom. The van der Waals surface area contributed by atoms with Crippen molar-refractivity contribution in [3.63, 3.8) is 0 Å². The summed E-state index contributed by atoms with van der Waals surface area (Å²) < 4.78 is 5.91. The molecule has 126 valence electrons. The highest BCUT2D eigenvalue weighted by molar-refractivity contribution is 5.46. The number of allylic oxidation sites excluding steroid dienone is 2. The molecule has 2 fully saturated rings. The molecule has 0 aliphatic heterocycles. The van der Waals surface area contributed by atoms with E-state index >= 15 is 0 Å². The Hall–Kier alpha value is -0.900. The van der Waals surface area contributed by atoms with Crippen molar-refractivity contribution in [3.8, 4) is 0 Å². The molecule has 0 bridgehead atoms.